The molecule has 1 fully saturated rings. The Labute approximate surface area is 164 Å². The first-order chi connectivity index (χ1) is 13.4. The van der Waals surface area contributed by atoms with E-state index in [-0.39, 0.29) is 11.8 Å². The molecule has 7 heteroatoms. The van der Waals surface area contributed by atoms with Crippen LogP contribution in [0.5, 0.6) is 0 Å². The summed E-state index contributed by atoms with van der Waals surface area (Å²) in [6.45, 7) is 9.57. The third kappa shape index (κ3) is 3.53. The maximum atomic E-state index is 12.7. The van der Waals surface area contributed by atoms with E-state index >= 15 is 0 Å². The van der Waals surface area contributed by atoms with E-state index in [9.17, 15) is 4.79 Å². The second-order valence-corrected chi connectivity index (χ2v) is 8.22. The Bertz CT molecular complexity index is 1000. The third-order valence-corrected chi connectivity index (χ3v) is 5.28. The van der Waals surface area contributed by atoms with Gasteiger partial charge in [0.25, 0.3) is 0 Å². The number of aromatic nitrogens is 4. The molecule has 3 aromatic heterocycles. The van der Waals surface area contributed by atoms with E-state index in [1.807, 2.05) is 41.6 Å². The second-order valence-electron chi connectivity index (χ2n) is 8.22. The molecule has 4 rings (SSSR count). The molecule has 1 aliphatic rings. The molecule has 0 bridgehead atoms. The summed E-state index contributed by atoms with van der Waals surface area (Å²) in [6, 6.07) is 3.90. The highest BCUT2D eigenvalue weighted by Crippen LogP contribution is 2.35. The van der Waals surface area contributed by atoms with E-state index in [0.29, 0.717) is 24.6 Å². The molecule has 0 N–H and O–H groups in total. The van der Waals surface area contributed by atoms with Crippen molar-refractivity contribution >= 4 is 11.6 Å². The van der Waals surface area contributed by atoms with Gasteiger partial charge in [-0.2, -0.15) is 5.10 Å². The molecule has 1 aliphatic heterocycles. The molecule has 1 atom stereocenters. The van der Waals surface area contributed by atoms with Crippen LogP contribution in [0.2, 0.25) is 0 Å². The van der Waals surface area contributed by atoms with Gasteiger partial charge in [-0.15, -0.1) is 0 Å². The number of hydrogen-bond acceptors (Lipinski definition) is 5. The van der Waals surface area contributed by atoms with Crippen molar-refractivity contribution in [3.8, 4) is 11.3 Å². The van der Waals surface area contributed by atoms with Crippen molar-refractivity contribution in [2.24, 2.45) is 5.92 Å². The predicted molar refractivity (Wildman–Crippen MR) is 106 cm³/mol. The number of nitrogens with zero attached hydrogens (tertiary/aromatic N) is 5. The largest absolute Gasteiger partial charge is 0.356 e. The fraction of sp³-hybridized carbons (Fsp3) is 0.524. The predicted octanol–water partition coefficient (Wildman–Crippen LogP) is 3.75. The summed E-state index contributed by atoms with van der Waals surface area (Å²) in [5.41, 5.74) is 4.52. The summed E-state index contributed by atoms with van der Waals surface area (Å²) in [5.74, 6) is 1.47. The number of hydrogen-bond donors (Lipinski definition) is 0. The SMILES string of the molecule is Cc1cc(-c2cnc3cc(C)nn3c2[C@@H]2CCCN(C(=O)CC(C)C)C2)on1. The molecule has 28 heavy (non-hydrogen) atoms. The van der Waals surface area contributed by atoms with Crippen molar-refractivity contribution in [2.75, 3.05) is 13.1 Å². The Balaban J connectivity index is 1.76. The van der Waals surface area contributed by atoms with Crippen molar-refractivity contribution in [3.05, 3.63) is 35.4 Å². The van der Waals surface area contributed by atoms with Crippen LogP contribution < -0.4 is 0 Å². The lowest BCUT2D eigenvalue weighted by Crippen LogP contribution is -2.40. The molecular weight excluding hydrogens is 354 g/mol. The Kier molecular flexibility index (Phi) is 4.91. The highest BCUT2D eigenvalue weighted by Gasteiger charge is 2.30. The molecule has 4 heterocycles. The first-order valence-electron chi connectivity index (χ1n) is 9.99. The van der Waals surface area contributed by atoms with E-state index < -0.39 is 0 Å². The van der Waals surface area contributed by atoms with Crippen molar-refractivity contribution in [1.82, 2.24) is 24.7 Å². The molecule has 1 amide bonds. The number of carbonyl (C=O) groups is 1. The van der Waals surface area contributed by atoms with E-state index in [4.69, 9.17) is 4.52 Å². The van der Waals surface area contributed by atoms with Crippen LogP contribution in [0.15, 0.2) is 22.9 Å². The molecule has 0 radical (unpaired) electrons. The van der Waals surface area contributed by atoms with Gasteiger partial charge >= 0.3 is 0 Å². The zero-order valence-electron chi connectivity index (χ0n) is 17.0. The average molecular weight is 381 g/mol. The maximum absolute atomic E-state index is 12.7. The quantitative estimate of drug-likeness (QED) is 0.688. The summed E-state index contributed by atoms with van der Waals surface area (Å²) in [5, 5.41) is 8.73. The van der Waals surface area contributed by atoms with Gasteiger partial charge in [0, 0.05) is 43.8 Å². The molecule has 0 saturated carbocycles. The maximum Gasteiger partial charge on any atom is 0.222 e. The fourth-order valence-corrected chi connectivity index (χ4v) is 4.04. The van der Waals surface area contributed by atoms with E-state index in [2.05, 4.69) is 29.1 Å². The lowest BCUT2D eigenvalue weighted by molar-refractivity contribution is -0.133. The number of aryl methyl sites for hydroxylation is 2. The van der Waals surface area contributed by atoms with Crippen LogP contribution in [0, 0.1) is 19.8 Å². The van der Waals surface area contributed by atoms with Crippen molar-refractivity contribution < 1.29 is 9.32 Å². The van der Waals surface area contributed by atoms with Gasteiger partial charge in [-0.25, -0.2) is 9.50 Å². The van der Waals surface area contributed by atoms with Crippen LogP contribution in [0.4, 0.5) is 0 Å². The van der Waals surface area contributed by atoms with Crippen LogP contribution in [0.25, 0.3) is 17.0 Å². The topological polar surface area (TPSA) is 76.5 Å². The van der Waals surface area contributed by atoms with Crippen molar-refractivity contribution in [3.63, 3.8) is 0 Å². The molecule has 0 aromatic carbocycles. The minimum absolute atomic E-state index is 0.176. The molecular formula is C21H27N5O2. The van der Waals surface area contributed by atoms with Gasteiger partial charge in [0.1, 0.15) is 0 Å². The van der Waals surface area contributed by atoms with Crippen molar-refractivity contribution in [1.29, 1.82) is 0 Å². The van der Waals surface area contributed by atoms with E-state index in [1.165, 1.54) is 0 Å². The Morgan fingerprint density at radius 3 is 2.82 bits per heavy atom. The first kappa shape index (κ1) is 18.7. The smallest absolute Gasteiger partial charge is 0.222 e. The monoisotopic (exact) mass is 381 g/mol. The summed E-state index contributed by atoms with van der Waals surface area (Å²) >= 11 is 0. The van der Waals surface area contributed by atoms with Crippen molar-refractivity contribution in [2.45, 2.75) is 52.9 Å². The van der Waals surface area contributed by atoms with E-state index in [0.717, 1.165) is 47.7 Å². The minimum Gasteiger partial charge on any atom is -0.356 e. The van der Waals surface area contributed by atoms with Gasteiger partial charge in [-0.3, -0.25) is 4.79 Å². The number of amides is 1. The average Bonchev–Trinajstić information content (AvgIpc) is 3.25. The van der Waals surface area contributed by atoms with Gasteiger partial charge < -0.3 is 9.42 Å². The molecule has 3 aromatic rings. The summed E-state index contributed by atoms with van der Waals surface area (Å²) in [6.07, 6.45) is 4.42. The van der Waals surface area contributed by atoms with E-state index in [1.54, 1.807) is 0 Å². The number of rotatable bonds is 4. The standard InChI is InChI=1S/C21H27N5O2/c1-13(2)8-20(27)25-7-5-6-16(12-25)21-17(18-9-15(4)24-28-18)11-22-19-10-14(3)23-26(19)21/h9-11,13,16H,5-8,12H2,1-4H3/t16-/m1/s1. The molecule has 0 aliphatic carbocycles. The Morgan fingerprint density at radius 1 is 1.29 bits per heavy atom. The second kappa shape index (κ2) is 7.37. The fourth-order valence-electron chi connectivity index (χ4n) is 4.04. The van der Waals surface area contributed by atoms with Gasteiger partial charge in [0.15, 0.2) is 11.4 Å². The summed E-state index contributed by atoms with van der Waals surface area (Å²) < 4.78 is 7.47. The van der Waals surface area contributed by atoms with Gasteiger partial charge in [0.05, 0.1) is 22.6 Å². The molecule has 1 saturated heterocycles. The van der Waals surface area contributed by atoms with Crippen LogP contribution >= 0.6 is 0 Å². The van der Waals surface area contributed by atoms with Crippen LogP contribution in [0.3, 0.4) is 0 Å². The van der Waals surface area contributed by atoms with Crippen LogP contribution in [0.1, 0.15) is 56.1 Å². The lowest BCUT2D eigenvalue weighted by Gasteiger charge is -2.34. The number of piperidine rings is 1. The van der Waals surface area contributed by atoms with Gasteiger partial charge in [0.2, 0.25) is 5.91 Å². The van der Waals surface area contributed by atoms with Gasteiger partial charge in [-0.1, -0.05) is 19.0 Å². The highest BCUT2D eigenvalue weighted by atomic mass is 16.5. The Hall–Kier alpha value is -2.70. The van der Waals surface area contributed by atoms with Crippen LogP contribution in [-0.4, -0.2) is 43.7 Å². The Morgan fingerprint density at radius 2 is 2.11 bits per heavy atom. The highest BCUT2D eigenvalue weighted by molar-refractivity contribution is 5.76. The molecule has 7 nitrogen and oxygen atoms in total. The number of fused-ring (bicyclic) bond motifs is 1. The molecule has 148 valence electrons. The number of carbonyl (C=O) groups excluding carboxylic acids is 1. The molecule has 0 unspecified atom stereocenters. The minimum atomic E-state index is 0.176. The summed E-state index contributed by atoms with van der Waals surface area (Å²) in [7, 11) is 0. The number of likely N-dealkylation sites (tertiary alicyclic amines) is 1. The van der Waals surface area contributed by atoms with Gasteiger partial charge in [-0.05, 0) is 32.6 Å². The lowest BCUT2D eigenvalue weighted by atomic mass is 9.90. The van der Waals surface area contributed by atoms with Crippen LogP contribution in [-0.2, 0) is 4.79 Å². The third-order valence-electron chi connectivity index (χ3n) is 5.28. The molecule has 0 spiro atoms. The first-order valence-corrected chi connectivity index (χ1v) is 9.99. The zero-order chi connectivity index (χ0) is 19.8. The zero-order valence-corrected chi connectivity index (χ0v) is 17.0. The normalized spacial score (nSPS) is 17.6. The summed E-state index contributed by atoms with van der Waals surface area (Å²) in [4.78, 5) is 19.2.